The highest BCUT2D eigenvalue weighted by molar-refractivity contribution is 9.10. The van der Waals surface area contributed by atoms with E-state index in [1.165, 1.54) is 7.11 Å². The first-order valence-electron chi connectivity index (χ1n) is 4.12. The van der Waals surface area contributed by atoms with Crippen molar-refractivity contribution in [2.75, 3.05) is 7.11 Å². The van der Waals surface area contributed by atoms with Gasteiger partial charge in [0.1, 0.15) is 0 Å². The average molecular weight is 245 g/mol. The van der Waals surface area contributed by atoms with E-state index in [9.17, 15) is 5.11 Å². The van der Waals surface area contributed by atoms with Crippen LogP contribution in [-0.2, 0) is 0 Å². The van der Waals surface area contributed by atoms with Gasteiger partial charge < -0.3 is 9.84 Å². The van der Waals surface area contributed by atoms with Gasteiger partial charge in [0, 0.05) is 0 Å². The lowest BCUT2D eigenvalue weighted by Gasteiger charge is -2.10. The molecule has 0 saturated carbocycles. The average Bonchev–Trinajstić information content (AvgIpc) is 2.03. The van der Waals surface area contributed by atoms with Crippen molar-refractivity contribution in [3.63, 3.8) is 0 Å². The molecular weight excluding hydrogens is 232 g/mol. The van der Waals surface area contributed by atoms with Crippen LogP contribution in [0.25, 0.3) is 0 Å². The first kappa shape index (κ1) is 10.4. The molecule has 1 N–H and O–H groups in total. The second-order valence-corrected chi connectivity index (χ2v) is 4.06. The van der Waals surface area contributed by atoms with E-state index in [0.29, 0.717) is 11.7 Å². The van der Waals surface area contributed by atoms with Crippen LogP contribution < -0.4 is 4.74 Å². The number of halogens is 1. The highest BCUT2D eigenvalue weighted by Gasteiger charge is 2.10. The number of methoxy groups -OCH3 is 1. The summed E-state index contributed by atoms with van der Waals surface area (Å²) in [5.74, 6) is 1.07. The summed E-state index contributed by atoms with van der Waals surface area (Å²) in [5.41, 5.74) is 1.09. The van der Waals surface area contributed by atoms with Crippen molar-refractivity contribution in [1.29, 1.82) is 0 Å². The van der Waals surface area contributed by atoms with E-state index in [1.54, 1.807) is 6.07 Å². The molecule has 3 heteroatoms. The molecule has 13 heavy (non-hydrogen) atoms. The summed E-state index contributed by atoms with van der Waals surface area (Å²) in [6.07, 6.45) is 0. The van der Waals surface area contributed by atoms with Gasteiger partial charge in [0.05, 0.1) is 11.6 Å². The third kappa shape index (κ3) is 2.15. The Morgan fingerprint density at radius 1 is 1.38 bits per heavy atom. The molecule has 2 nitrogen and oxygen atoms in total. The Balaban J connectivity index is 3.20. The van der Waals surface area contributed by atoms with E-state index < -0.39 is 0 Å². The Labute approximate surface area is 86.7 Å². The monoisotopic (exact) mass is 244 g/mol. The third-order valence-electron chi connectivity index (χ3n) is 1.92. The fraction of sp³-hybridized carbons (Fsp3) is 0.400. The number of rotatable bonds is 2. The molecule has 0 atom stereocenters. The molecule has 0 amide bonds. The number of phenols is 1. The first-order valence-corrected chi connectivity index (χ1v) is 4.92. The van der Waals surface area contributed by atoms with Crippen molar-refractivity contribution in [3.05, 3.63) is 22.2 Å². The molecule has 1 aromatic carbocycles. The van der Waals surface area contributed by atoms with Gasteiger partial charge >= 0.3 is 0 Å². The number of phenolic OH excluding ortho intramolecular Hbond substituents is 1. The van der Waals surface area contributed by atoms with E-state index in [2.05, 4.69) is 29.8 Å². The van der Waals surface area contributed by atoms with Gasteiger partial charge in [0.25, 0.3) is 0 Å². The van der Waals surface area contributed by atoms with Crippen LogP contribution in [0.2, 0.25) is 0 Å². The maximum absolute atomic E-state index is 9.57. The minimum absolute atomic E-state index is 0.181. The molecule has 0 fully saturated rings. The highest BCUT2D eigenvalue weighted by Crippen LogP contribution is 2.37. The smallest absolute Gasteiger partial charge is 0.174 e. The van der Waals surface area contributed by atoms with Crippen molar-refractivity contribution >= 4 is 15.9 Å². The van der Waals surface area contributed by atoms with Crippen LogP contribution in [0.15, 0.2) is 16.6 Å². The molecule has 1 rings (SSSR count). The second-order valence-electron chi connectivity index (χ2n) is 3.21. The van der Waals surface area contributed by atoms with Gasteiger partial charge in [-0.3, -0.25) is 0 Å². The van der Waals surface area contributed by atoms with Crippen molar-refractivity contribution in [2.24, 2.45) is 0 Å². The normalized spacial score (nSPS) is 10.5. The Morgan fingerprint density at radius 3 is 2.38 bits per heavy atom. The molecule has 1 aromatic rings. The van der Waals surface area contributed by atoms with E-state index in [-0.39, 0.29) is 5.75 Å². The van der Waals surface area contributed by atoms with Crippen molar-refractivity contribution in [2.45, 2.75) is 19.8 Å². The number of hydrogen-bond acceptors (Lipinski definition) is 2. The molecule has 0 aliphatic rings. The summed E-state index contributed by atoms with van der Waals surface area (Å²) >= 11 is 3.34. The van der Waals surface area contributed by atoms with E-state index in [1.807, 2.05) is 6.07 Å². The molecule has 0 unspecified atom stereocenters. The summed E-state index contributed by atoms with van der Waals surface area (Å²) in [6.45, 7) is 4.15. The molecule has 72 valence electrons. The second kappa shape index (κ2) is 4.01. The Bertz CT molecular complexity index is 285. The molecule has 0 bridgehead atoms. The van der Waals surface area contributed by atoms with Gasteiger partial charge in [-0.25, -0.2) is 0 Å². The lowest BCUT2D eigenvalue weighted by atomic mass is 10.0. The van der Waals surface area contributed by atoms with Gasteiger partial charge in [-0.2, -0.15) is 0 Å². The minimum Gasteiger partial charge on any atom is -0.504 e. The number of benzene rings is 1. The predicted molar refractivity (Wildman–Crippen MR) is 56.4 cm³/mol. The van der Waals surface area contributed by atoms with Crippen molar-refractivity contribution in [1.82, 2.24) is 0 Å². The first-order chi connectivity index (χ1) is 6.06. The van der Waals surface area contributed by atoms with Crippen LogP contribution in [0.1, 0.15) is 25.3 Å². The quantitative estimate of drug-likeness (QED) is 0.866. The molecule has 0 heterocycles. The van der Waals surface area contributed by atoms with Crippen LogP contribution in [0.5, 0.6) is 11.5 Å². The van der Waals surface area contributed by atoms with Crippen LogP contribution in [0, 0.1) is 0 Å². The van der Waals surface area contributed by atoms with Crippen LogP contribution >= 0.6 is 15.9 Å². The van der Waals surface area contributed by atoms with Gasteiger partial charge in [-0.05, 0) is 39.5 Å². The van der Waals surface area contributed by atoms with Crippen LogP contribution in [0.4, 0.5) is 0 Å². The minimum atomic E-state index is 0.181. The van der Waals surface area contributed by atoms with Gasteiger partial charge in [0.2, 0.25) is 0 Å². The zero-order valence-corrected chi connectivity index (χ0v) is 9.55. The molecular formula is C10H13BrO2. The summed E-state index contributed by atoms with van der Waals surface area (Å²) in [7, 11) is 1.54. The molecule has 0 radical (unpaired) electrons. The topological polar surface area (TPSA) is 29.5 Å². The van der Waals surface area contributed by atoms with E-state index >= 15 is 0 Å². The summed E-state index contributed by atoms with van der Waals surface area (Å²) in [5, 5.41) is 9.57. The summed E-state index contributed by atoms with van der Waals surface area (Å²) in [6, 6.07) is 3.69. The Morgan fingerprint density at radius 2 is 2.00 bits per heavy atom. The summed E-state index contributed by atoms with van der Waals surface area (Å²) < 4.78 is 5.80. The maximum atomic E-state index is 9.57. The van der Waals surface area contributed by atoms with Crippen molar-refractivity contribution in [3.8, 4) is 11.5 Å². The molecule has 0 saturated heterocycles. The SMILES string of the molecule is COc1c(O)cc(C(C)C)cc1Br. The zero-order chi connectivity index (χ0) is 10.0. The zero-order valence-electron chi connectivity index (χ0n) is 7.97. The van der Waals surface area contributed by atoms with E-state index in [0.717, 1.165) is 10.0 Å². The maximum Gasteiger partial charge on any atom is 0.174 e. The number of hydrogen-bond donors (Lipinski definition) is 1. The lowest BCUT2D eigenvalue weighted by molar-refractivity contribution is 0.370. The Kier molecular flexibility index (Phi) is 3.20. The largest absolute Gasteiger partial charge is 0.504 e. The van der Waals surface area contributed by atoms with E-state index in [4.69, 9.17) is 4.74 Å². The predicted octanol–water partition coefficient (Wildman–Crippen LogP) is 3.29. The lowest BCUT2D eigenvalue weighted by Crippen LogP contribution is -1.91. The number of aromatic hydroxyl groups is 1. The highest BCUT2D eigenvalue weighted by atomic mass is 79.9. The molecule has 0 aliphatic carbocycles. The Hall–Kier alpha value is -0.700. The standard InChI is InChI=1S/C10H13BrO2/c1-6(2)7-4-8(11)10(13-3)9(12)5-7/h4-6,12H,1-3H3. The van der Waals surface area contributed by atoms with Gasteiger partial charge in [-0.1, -0.05) is 13.8 Å². The third-order valence-corrected chi connectivity index (χ3v) is 2.51. The number of ether oxygens (including phenoxy) is 1. The van der Waals surface area contributed by atoms with Gasteiger partial charge in [0.15, 0.2) is 11.5 Å². The molecule has 0 aliphatic heterocycles. The van der Waals surface area contributed by atoms with Crippen molar-refractivity contribution < 1.29 is 9.84 Å². The fourth-order valence-corrected chi connectivity index (χ4v) is 1.76. The fourth-order valence-electron chi connectivity index (χ4n) is 1.13. The summed E-state index contributed by atoms with van der Waals surface area (Å²) in [4.78, 5) is 0. The molecule has 0 aromatic heterocycles. The van der Waals surface area contributed by atoms with Crippen LogP contribution in [-0.4, -0.2) is 12.2 Å². The molecule has 0 spiro atoms. The van der Waals surface area contributed by atoms with Crippen LogP contribution in [0.3, 0.4) is 0 Å². The van der Waals surface area contributed by atoms with Gasteiger partial charge in [-0.15, -0.1) is 0 Å².